The van der Waals surface area contributed by atoms with Crippen LogP contribution in [0.5, 0.6) is 0 Å². The van der Waals surface area contributed by atoms with Crippen molar-refractivity contribution in [2.75, 3.05) is 5.73 Å². The van der Waals surface area contributed by atoms with E-state index in [0.29, 0.717) is 5.69 Å². The van der Waals surface area contributed by atoms with Crippen LogP contribution >= 0.6 is 27.5 Å². The molecular weight excluding hydrogens is 265 g/mol. The highest BCUT2D eigenvalue weighted by Crippen LogP contribution is 2.31. The van der Waals surface area contributed by atoms with Crippen LogP contribution in [0, 0.1) is 0 Å². The lowest BCUT2D eigenvalue weighted by Gasteiger charge is -2.07. The largest absolute Gasteiger partial charge is 0.383 e. The molecular formula is C7H6BrClF2N2. The Bertz CT molecular complexity index is 296. The lowest BCUT2D eigenvalue weighted by Crippen LogP contribution is -2.01. The van der Waals surface area contributed by atoms with Crippen molar-refractivity contribution in [1.82, 2.24) is 4.98 Å². The summed E-state index contributed by atoms with van der Waals surface area (Å²) in [5, 5.41) is 0. The molecule has 0 bridgehead atoms. The molecule has 0 aliphatic heterocycles. The summed E-state index contributed by atoms with van der Waals surface area (Å²) >= 11 is 8.46. The maximum absolute atomic E-state index is 12.3. The summed E-state index contributed by atoms with van der Waals surface area (Å²) < 4.78 is 24.9. The third kappa shape index (κ3) is 2.28. The van der Waals surface area contributed by atoms with E-state index in [1.165, 1.54) is 6.07 Å². The van der Waals surface area contributed by atoms with Gasteiger partial charge in [0.05, 0.1) is 17.1 Å². The van der Waals surface area contributed by atoms with Crippen molar-refractivity contribution in [3.8, 4) is 0 Å². The molecule has 0 atom stereocenters. The van der Waals surface area contributed by atoms with Gasteiger partial charge in [-0.15, -0.1) is 11.6 Å². The molecule has 0 aliphatic carbocycles. The Morgan fingerprint density at radius 1 is 1.62 bits per heavy atom. The zero-order chi connectivity index (χ0) is 10.0. The molecule has 0 unspecified atom stereocenters. The molecule has 0 fully saturated rings. The molecule has 1 heterocycles. The van der Waals surface area contributed by atoms with Crippen LogP contribution < -0.4 is 5.73 Å². The summed E-state index contributed by atoms with van der Waals surface area (Å²) in [7, 11) is 0. The molecule has 72 valence electrons. The van der Waals surface area contributed by atoms with Crippen molar-refractivity contribution in [2.24, 2.45) is 0 Å². The predicted molar refractivity (Wildman–Crippen MR) is 50.9 cm³/mol. The number of nitrogens with zero attached hydrogens (tertiary/aromatic N) is 1. The SMILES string of the molecule is Nc1nc(CCl)cc(Br)c1C(F)F. The number of alkyl halides is 3. The fraction of sp³-hybridized carbons (Fsp3) is 0.286. The van der Waals surface area contributed by atoms with Gasteiger partial charge in [-0.1, -0.05) is 15.9 Å². The molecule has 0 radical (unpaired) electrons. The number of pyridine rings is 1. The van der Waals surface area contributed by atoms with Crippen LogP contribution in [0.1, 0.15) is 17.7 Å². The van der Waals surface area contributed by atoms with E-state index in [9.17, 15) is 8.78 Å². The minimum absolute atomic E-state index is 0.145. The molecule has 13 heavy (non-hydrogen) atoms. The highest BCUT2D eigenvalue weighted by atomic mass is 79.9. The van der Waals surface area contributed by atoms with Gasteiger partial charge in [-0.2, -0.15) is 0 Å². The number of nitrogen functional groups attached to an aromatic ring is 1. The summed E-state index contributed by atoms with van der Waals surface area (Å²) in [6, 6.07) is 1.44. The first-order chi connectivity index (χ1) is 6.06. The monoisotopic (exact) mass is 270 g/mol. The van der Waals surface area contributed by atoms with Gasteiger partial charge >= 0.3 is 0 Å². The molecule has 0 saturated carbocycles. The second-order valence-electron chi connectivity index (χ2n) is 2.33. The smallest absolute Gasteiger partial charge is 0.268 e. The van der Waals surface area contributed by atoms with E-state index >= 15 is 0 Å². The second kappa shape index (κ2) is 4.19. The summed E-state index contributed by atoms with van der Waals surface area (Å²) in [5.41, 5.74) is 5.50. The molecule has 1 aromatic heterocycles. The van der Waals surface area contributed by atoms with Crippen LogP contribution in [0.25, 0.3) is 0 Å². The van der Waals surface area contributed by atoms with E-state index in [1.54, 1.807) is 0 Å². The summed E-state index contributed by atoms with van der Waals surface area (Å²) in [6.07, 6.45) is -2.63. The van der Waals surface area contributed by atoms with Crippen LogP contribution in [0.3, 0.4) is 0 Å². The number of anilines is 1. The second-order valence-corrected chi connectivity index (χ2v) is 3.45. The number of hydrogen-bond donors (Lipinski definition) is 1. The molecule has 1 rings (SSSR count). The molecule has 1 aromatic rings. The summed E-state index contributed by atoms with van der Waals surface area (Å²) in [5.74, 6) is -0.0354. The lowest BCUT2D eigenvalue weighted by atomic mass is 10.2. The first-order valence-corrected chi connectivity index (χ1v) is 4.68. The third-order valence-corrected chi connectivity index (χ3v) is 2.38. The Hall–Kier alpha value is -0.420. The van der Waals surface area contributed by atoms with Gasteiger partial charge in [0.1, 0.15) is 5.82 Å². The summed E-state index contributed by atoms with van der Waals surface area (Å²) in [4.78, 5) is 3.71. The van der Waals surface area contributed by atoms with Crippen molar-refractivity contribution < 1.29 is 8.78 Å². The minimum atomic E-state index is -2.63. The minimum Gasteiger partial charge on any atom is -0.383 e. The topological polar surface area (TPSA) is 38.9 Å². The van der Waals surface area contributed by atoms with Gasteiger partial charge in [0.2, 0.25) is 0 Å². The van der Waals surface area contributed by atoms with E-state index in [1.807, 2.05) is 0 Å². The standard InChI is InChI=1S/C7H6BrClF2N2/c8-4-1-3(2-9)13-7(12)5(4)6(10)11/h1,6H,2H2,(H2,12,13). The average molecular weight is 271 g/mol. The van der Waals surface area contributed by atoms with Crippen molar-refractivity contribution in [2.45, 2.75) is 12.3 Å². The average Bonchev–Trinajstić information content (AvgIpc) is 2.02. The third-order valence-electron chi connectivity index (χ3n) is 1.45. The van der Waals surface area contributed by atoms with Crippen LogP contribution in [-0.2, 0) is 5.88 Å². The molecule has 2 nitrogen and oxygen atoms in total. The van der Waals surface area contributed by atoms with Crippen LogP contribution in [0.4, 0.5) is 14.6 Å². The molecule has 0 amide bonds. The molecule has 0 spiro atoms. The fourth-order valence-electron chi connectivity index (χ4n) is 0.878. The number of nitrogens with two attached hydrogens (primary N) is 1. The van der Waals surface area contributed by atoms with Crippen LogP contribution in [0.2, 0.25) is 0 Å². The molecule has 0 aromatic carbocycles. The fourth-order valence-corrected chi connectivity index (χ4v) is 1.66. The summed E-state index contributed by atoms with van der Waals surface area (Å²) in [6.45, 7) is 0. The van der Waals surface area contributed by atoms with Crippen molar-refractivity contribution >= 4 is 33.3 Å². The number of halogens is 4. The maximum atomic E-state index is 12.3. The first kappa shape index (κ1) is 10.7. The Morgan fingerprint density at radius 3 is 2.62 bits per heavy atom. The maximum Gasteiger partial charge on any atom is 0.268 e. The van der Waals surface area contributed by atoms with Crippen LogP contribution in [0.15, 0.2) is 10.5 Å². The van der Waals surface area contributed by atoms with E-state index in [-0.39, 0.29) is 21.7 Å². The number of rotatable bonds is 2. The Balaban J connectivity index is 3.23. The number of aromatic nitrogens is 1. The van der Waals surface area contributed by atoms with E-state index in [2.05, 4.69) is 20.9 Å². The molecule has 2 N–H and O–H groups in total. The van der Waals surface area contributed by atoms with Crippen molar-refractivity contribution in [3.63, 3.8) is 0 Å². The zero-order valence-corrected chi connectivity index (χ0v) is 8.74. The van der Waals surface area contributed by atoms with Crippen molar-refractivity contribution in [1.29, 1.82) is 0 Å². The van der Waals surface area contributed by atoms with Gasteiger partial charge in [-0.3, -0.25) is 0 Å². The Labute approximate surface area is 87.2 Å². The van der Waals surface area contributed by atoms with Gasteiger partial charge < -0.3 is 5.73 Å². The van der Waals surface area contributed by atoms with E-state index in [4.69, 9.17) is 17.3 Å². The highest BCUT2D eigenvalue weighted by molar-refractivity contribution is 9.10. The van der Waals surface area contributed by atoms with Gasteiger partial charge in [-0.05, 0) is 6.07 Å². The van der Waals surface area contributed by atoms with Gasteiger partial charge in [-0.25, -0.2) is 13.8 Å². The van der Waals surface area contributed by atoms with Gasteiger partial charge in [0.15, 0.2) is 0 Å². The number of hydrogen-bond acceptors (Lipinski definition) is 2. The van der Waals surface area contributed by atoms with E-state index < -0.39 is 6.43 Å². The van der Waals surface area contributed by atoms with Gasteiger partial charge in [0.25, 0.3) is 6.43 Å². The Kier molecular flexibility index (Phi) is 3.44. The van der Waals surface area contributed by atoms with Gasteiger partial charge in [0, 0.05) is 4.47 Å². The van der Waals surface area contributed by atoms with Crippen molar-refractivity contribution in [3.05, 3.63) is 21.8 Å². The van der Waals surface area contributed by atoms with Crippen LogP contribution in [-0.4, -0.2) is 4.98 Å². The quantitative estimate of drug-likeness (QED) is 0.840. The predicted octanol–water partition coefficient (Wildman–Crippen LogP) is 3.10. The Morgan fingerprint density at radius 2 is 2.23 bits per heavy atom. The molecule has 0 saturated heterocycles. The lowest BCUT2D eigenvalue weighted by molar-refractivity contribution is 0.151. The highest BCUT2D eigenvalue weighted by Gasteiger charge is 2.17. The molecule has 0 aliphatic rings. The first-order valence-electron chi connectivity index (χ1n) is 3.35. The normalized spacial score (nSPS) is 10.8. The molecule has 6 heteroatoms. The zero-order valence-electron chi connectivity index (χ0n) is 6.40. The van der Waals surface area contributed by atoms with E-state index in [0.717, 1.165) is 0 Å².